The van der Waals surface area contributed by atoms with Crippen LogP contribution in [0.5, 0.6) is 5.75 Å². The van der Waals surface area contributed by atoms with Gasteiger partial charge in [0.1, 0.15) is 18.1 Å². The van der Waals surface area contributed by atoms with Gasteiger partial charge in [-0.3, -0.25) is 4.79 Å². The minimum Gasteiger partial charge on any atom is -0.486 e. The molecule has 7 rings (SSSR count). The number of carbonyl (C=O) groups excluding carboxylic acids is 1. The smallest absolute Gasteiger partial charge is 0.287 e. The van der Waals surface area contributed by atoms with Gasteiger partial charge in [-0.2, -0.15) is 0 Å². The summed E-state index contributed by atoms with van der Waals surface area (Å²) in [4.78, 5) is 13.1. The molecule has 1 atom stereocenters. The van der Waals surface area contributed by atoms with Gasteiger partial charge in [0, 0.05) is 6.04 Å². The molecule has 4 aliphatic carbocycles. The van der Waals surface area contributed by atoms with Crippen LogP contribution in [0.2, 0.25) is 0 Å². The molecule has 2 aromatic carbocycles. The highest BCUT2D eigenvalue weighted by Gasteiger charge is 2.54. The number of hydrogen-bond donors (Lipinski definition) is 1. The van der Waals surface area contributed by atoms with Crippen LogP contribution in [0.1, 0.15) is 68.2 Å². The second-order valence-corrected chi connectivity index (χ2v) is 10.8. The lowest BCUT2D eigenvalue weighted by Gasteiger charge is -2.59. The summed E-state index contributed by atoms with van der Waals surface area (Å²) in [7, 11) is 0. The molecule has 0 spiro atoms. The van der Waals surface area contributed by atoms with Crippen LogP contribution in [0, 0.1) is 23.2 Å². The van der Waals surface area contributed by atoms with Crippen molar-refractivity contribution in [3.63, 3.8) is 0 Å². The van der Waals surface area contributed by atoms with Gasteiger partial charge >= 0.3 is 0 Å². The summed E-state index contributed by atoms with van der Waals surface area (Å²) in [6.45, 7) is 2.52. The molecule has 4 nitrogen and oxygen atoms in total. The van der Waals surface area contributed by atoms with E-state index in [-0.39, 0.29) is 11.9 Å². The zero-order chi connectivity index (χ0) is 22.4. The maximum absolute atomic E-state index is 13.1. The molecule has 33 heavy (non-hydrogen) atoms. The summed E-state index contributed by atoms with van der Waals surface area (Å²) >= 11 is 0. The van der Waals surface area contributed by atoms with Crippen LogP contribution in [0.3, 0.4) is 0 Å². The van der Waals surface area contributed by atoms with Crippen molar-refractivity contribution in [3.8, 4) is 5.75 Å². The van der Waals surface area contributed by atoms with Crippen molar-refractivity contribution >= 4 is 16.7 Å². The SMILES string of the molecule is CCC(NC(=O)c1ccc(COc2ccc3ccccc3c2)o1)C12CC3CC(CC(C3)C1)C2. The fraction of sp³-hybridized carbons (Fsp3) is 0.483. The molecular weight excluding hydrogens is 410 g/mol. The maximum atomic E-state index is 13.1. The van der Waals surface area contributed by atoms with E-state index in [1.165, 1.54) is 43.9 Å². The number of rotatable bonds is 7. The first-order valence-corrected chi connectivity index (χ1v) is 12.6. The highest BCUT2D eigenvalue weighted by Crippen LogP contribution is 2.61. The standard InChI is InChI=1S/C29H33NO3/c1-2-27(29-15-19-11-20(16-29)13-21(12-19)17-29)30-28(31)26-10-9-25(33-26)18-32-24-8-7-22-5-3-4-6-23(22)14-24/h3-10,14,19-21,27H,2,11-13,15-18H2,1H3,(H,30,31). The Kier molecular flexibility index (Phi) is 5.20. The monoisotopic (exact) mass is 443 g/mol. The summed E-state index contributed by atoms with van der Waals surface area (Å²) < 4.78 is 11.8. The van der Waals surface area contributed by atoms with Gasteiger partial charge in [-0.05, 0) is 103 Å². The second kappa shape index (κ2) is 8.23. The Morgan fingerprint density at radius 2 is 1.70 bits per heavy atom. The zero-order valence-corrected chi connectivity index (χ0v) is 19.4. The molecule has 1 heterocycles. The van der Waals surface area contributed by atoms with Crippen LogP contribution in [0.4, 0.5) is 0 Å². The summed E-state index contributed by atoms with van der Waals surface area (Å²) in [6.07, 6.45) is 9.12. The third-order valence-corrected chi connectivity index (χ3v) is 8.53. The van der Waals surface area contributed by atoms with Crippen molar-refractivity contribution in [1.29, 1.82) is 0 Å². The predicted molar refractivity (Wildman–Crippen MR) is 129 cm³/mol. The van der Waals surface area contributed by atoms with E-state index in [0.29, 0.717) is 23.5 Å². The lowest BCUT2D eigenvalue weighted by atomic mass is 9.47. The van der Waals surface area contributed by atoms with E-state index in [2.05, 4.69) is 30.4 Å². The Morgan fingerprint density at radius 1 is 1.00 bits per heavy atom. The summed E-state index contributed by atoms with van der Waals surface area (Å²) in [6, 6.07) is 18.1. The molecule has 1 amide bonds. The van der Waals surface area contributed by atoms with E-state index in [9.17, 15) is 4.79 Å². The molecule has 4 heteroatoms. The molecule has 0 aliphatic heterocycles. The van der Waals surface area contributed by atoms with Crippen molar-refractivity contribution < 1.29 is 13.9 Å². The number of nitrogens with one attached hydrogen (secondary N) is 1. The van der Waals surface area contributed by atoms with E-state index in [1.807, 2.05) is 30.3 Å². The third-order valence-electron chi connectivity index (χ3n) is 8.53. The fourth-order valence-corrected chi connectivity index (χ4v) is 7.51. The predicted octanol–water partition coefficient (Wildman–Crippen LogP) is 6.74. The molecule has 1 aromatic heterocycles. The largest absolute Gasteiger partial charge is 0.486 e. The molecule has 4 aliphatic rings. The van der Waals surface area contributed by atoms with Gasteiger partial charge in [0.25, 0.3) is 5.91 Å². The van der Waals surface area contributed by atoms with Gasteiger partial charge in [0.05, 0.1) is 0 Å². The Hall–Kier alpha value is -2.75. The minimum absolute atomic E-state index is 0.0884. The summed E-state index contributed by atoms with van der Waals surface area (Å²) in [5, 5.41) is 5.70. The molecular formula is C29H33NO3. The zero-order valence-electron chi connectivity index (χ0n) is 19.4. The number of amides is 1. The van der Waals surface area contributed by atoms with Gasteiger partial charge in [0.15, 0.2) is 5.76 Å². The molecule has 4 fully saturated rings. The van der Waals surface area contributed by atoms with E-state index in [4.69, 9.17) is 9.15 Å². The van der Waals surface area contributed by atoms with Gasteiger partial charge < -0.3 is 14.5 Å². The second-order valence-electron chi connectivity index (χ2n) is 10.8. The third kappa shape index (κ3) is 3.94. The lowest BCUT2D eigenvalue weighted by molar-refractivity contribution is -0.0728. The van der Waals surface area contributed by atoms with Crippen molar-refractivity contribution in [3.05, 3.63) is 66.1 Å². The van der Waals surface area contributed by atoms with Crippen LogP contribution in [0.25, 0.3) is 10.8 Å². The summed E-state index contributed by atoms with van der Waals surface area (Å²) in [5.41, 5.74) is 0.299. The summed E-state index contributed by atoms with van der Waals surface area (Å²) in [5.74, 6) is 4.39. The Bertz CT molecular complexity index is 1130. The highest BCUT2D eigenvalue weighted by atomic mass is 16.5. The van der Waals surface area contributed by atoms with E-state index >= 15 is 0 Å². The fourth-order valence-electron chi connectivity index (χ4n) is 7.51. The Morgan fingerprint density at radius 3 is 2.39 bits per heavy atom. The highest BCUT2D eigenvalue weighted by molar-refractivity contribution is 5.91. The van der Waals surface area contributed by atoms with Gasteiger partial charge in [-0.25, -0.2) is 0 Å². The van der Waals surface area contributed by atoms with Crippen molar-refractivity contribution in [2.24, 2.45) is 23.2 Å². The van der Waals surface area contributed by atoms with Crippen LogP contribution >= 0.6 is 0 Å². The Balaban J connectivity index is 1.10. The molecule has 4 bridgehead atoms. The number of benzene rings is 2. The first-order valence-electron chi connectivity index (χ1n) is 12.6. The number of hydrogen-bond acceptors (Lipinski definition) is 3. The maximum Gasteiger partial charge on any atom is 0.287 e. The number of fused-ring (bicyclic) bond motifs is 1. The average Bonchev–Trinajstić information content (AvgIpc) is 3.29. The molecule has 1 unspecified atom stereocenters. The van der Waals surface area contributed by atoms with Gasteiger partial charge in [-0.15, -0.1) is 0 Å². The Labute approximate surface area is 195 Å². The van der Waals surface area contributed by atoms with Crippen molar-refractivity contribution in [1.82, 2.24) is 5.32 Å². The normalized spacial score (nSPS) is 28.7. The first kappa shape index (κ1) is 20.8. The van der Waals surface area contributed by atoms with E-state index in [1.54, 1.807) is 6.07 Å². The van der Waals surface area contributed by atoms with Gasteiger partial charge in [-0.1, -0.05) is 37.3 Å². The number of ether oxygens (including phenoxy) is 1. The first-order chi connectivity index (χ1) is 16.1. The van der Waals surface area contributed by atoms with Crippen LogP contribution in [0.15, 0.2) is 59.0 Å². The van der Waals surface area contributed by atoms with Crippen LogP contribution < -0.4 is 10.1 Å². The number of carbonyl (C=O) groups is 1. The van der Waals surface area contributed by atoms with Crippen molar-refractivity contribution in [2.45, 2.75) is 64.5 Å². The lowest BCUT2D eigenvalue weighted by Crippen LogP contribution is -2.56. The average molecular weight is 444 g/mol. The van der Waals surface area contributed by atoms with Crippen molar-refractivity contribution in [2.75, 3.05) is 0 Å². The minimum atomic E-state index is -0.0884. The van der Waals surface area contributed by atoms with Crippen LogP contribution in [-0.4, -0.2) is 11.9 Å². The van der Waals surface area contributed by atoms with Crippen LogP contribution in [-0.2, 0) is 6.61 Å². The van der Waals surface area contributed by atoms with E-state index in [0.717, 1.165) is 35.3 Å². The molecule has 0 radical (unpaired) electrons. The van der Waals surface area contributed by atoms with E-state index < -0.39 is 0 Å². The molecule has 3 aromatic rings. The topological polar surface area (TPSA) is 51.5 Å². The molecule has 4 saturated carbocycles. The molecule has 0 saturated heterocycles. The molecule has 1 N–H and O–H groups in total. The number of furan rings is 1. The van der Waals surface area contributed by atoms with Gasteiger partial charge in [0.2, 0.25) is 0 Å². The quantitative estimate of drug-likeness (QED) is 0.440. The molecule has 172 valence electrons.